The van der Waals surface area contributed by atoms with Gasteiger partial charge in [-0.25, -0.2) is 14.8 Å². The number of pyridine rings is 1. The smallest absolute Gasteiger partial charge is 0.356 e. The Morgan fingerprint density at radius 1 is 1.20 bits per heavy atom. The van der Waals surface area contributed by atoms with Crippen LogP contribution in [0.5, 0.6) is 11.6 Å². The highest BCUT2D eigenvalue weighted by Crippen LogP contribution is 2.33. The van der Waals surface area contributed by atoms with Crippen LogP contribution in [0, 0.1) is 0 Å². The molecule has 128 valence electrons. The average molecular weight is 337 g/mol. The summed E-state index contributed by atoms with van der Waals surface area (Å²) in [6.45, 7) is 4.00. The second-order valence-electron chi connectivity index (χ2n) is 6.29. The van der Waals surface area contributed by atoms with Crippen LogP contribution in [-0.2, 0) is 12.5 Å². The number of aromatic carboxylic acids is 1. The molecule has 0 radical (unpaired) electrons. The highest BCUT2D eigenvalue weighted by molar-refractivity contribution is 5.85. The first-order valence-corrected chi connectivity index (χ1v) is 7.84. The lowest BCUT2D eigenvalue weighted by Gasteiger charge is -2.25. The van der Waals surface area contributed by atoms with Crippen LogP contribution in [0.2, 0.25) is 0 Å². The molecule has 2 heterocycles. The fourth-order valence-corrected chi connectivity index (χ4v) is 2.76. The first-order chi connectivity index (χ1) is 11.9. The van der Waals surface area contributed by atoms with Crippen LogP contribution in [0.15, 0.2) is 54.9 Å². The number of hydrogen-bond donors (Lipinski definition) is 1. The van der Waals surface area contributed by atoms with E-state index in [1.165, 1.54) is 6.20 Å². The van der Waals surface area contributed by atoms with Gasteiger partial charge in [-0.15, -0.1) is 0 Å². The molecule has 3 rings (SSSR count). The number of aryl methyl sites for hydroxylation is 1. The summed E-state index contributed by atoms with van der Waals surface area (Å²) in [4.78, 5) is 19.6. The van der Waals surface area contributed by atoms with Gasteiger partial charge in [0.1, 0.15) is 11.6 Å². The Morgan fingerprint density at radius 2 is 2.00 bits per heavy atom. The molecule has 0 amide bonds. The molecule has 0 aliphatic rings. The molecule has 0 saturated carbocycles. The zero-order chi connectivity index (χ0) is 18.0. The lowest BCUT2D eigenvalue weighted by atomic mass is 9.83. The van der Waals surface area contributed by atoms with Gasteiger partial charge in [0, 0.05) is 30.9 Å². The number of carboxylic acids is 1. The predicted octanol–water partition coefficient (Wildman–Crippen LogP) is 3.63. The zero-order valence-electron chi connectivity index (χ0n) is 14.3. The minimum Gasteiger partial charge on any atom is -0.476 e. The van der Waals surface area contributed by atoms with Crippen LogP contribution in [0.1, 0.15) is 35.7 Å². The lowest BCUT2D eigenvalue weighted by Crippen LogP contribution is -2.23. The standard InChI is InChI=1S/C19H19N3O3/c1-19(2,18-21-15(17(23)24)12-22(18)3)13-7-6-8-14(11-13)25-16-9-4-5-10-20-16/h4-12H,1-3H3,(H,23,24). The molecule has 0 fully saturated rings. The van der Waals surface area contributed by atoms with Crippen molar-refractivity contribution in [2.75, 3.05) is 0 Å². The lowest BCUT2D eigenvalue weighted by molar-refractivity contribution is 0.0690. The normalized spacial score (nSPS) is 11.3. The molecule has 1 N–H and O–H groups in total. The monoisotopic (exact) mass is 337 g/mol. The highest BCUT2D eigenvalue weighted by Gasteiger charge is 2.29. The molecule has 3 aromatic rings. The average Bonchev–Trinajstić information content (AvgIpc) is 2.99. The molecule has 0 atom stereocenters. The van der Waals surface area contributed by atoms with Gasteiger partial charge in [0.15, 0.2) is 5.69 Å². The van der Waals surface area contributed by atoms with E-state index in [0.717, 1.165) is 5.56 Å². The van der Waals surface area contributed by atoms with Gasteiger partial charge in [0.05, 0.1) is 0 Å². The molecule has 0 unspecified atom stereocenters. The van der Waals surface area contributed by atoms with Crippen molar-refractivity contribution in [1.29, 1.82) is 0 Å². The molecule has 6 nitrogen and oxygen atoms in total. The Morgan fingerprint density at radius 3 is 2.64 bits per heavy atom. The van der Waals surface area contributed by atoms with Crippen molar-refractivity contribution in [3.05, 3.63) is 71.9 Å². The third-order valence-corrected chi connectivity index (χ3v) is 4.07. The maximum Gasteiger partial charge on any atom is 0.356 e. The fourth-order valence-electron chi connectivity index (χ4n) is 2.76. The first kappa shape index (κ1) is 16.7. The van der Waals surface area contributed by atoms with Crippen molar-refractivity contribution in [2.45, 2.75) is 19.3 Å². The Balaban J connectivity index is 1.95. The quantitative estimate of drug-likeness (QED) is 0.769. The molecular formula is C19H19N3O3. The SMILES string of the molecule is Cn1cc(C(=O)O)nc1C(C)(C)c1cccc(Oc2ccccn2)c1. The Labute approximate surface area is 145 Å². The number of carboxylic acid groups (broad SMARTS) is 1. The van der Waals surface area contributed by atoms with Gasteiger partial charge in [-0.1, -0.05) is 18.2 Å². The van der Waals surface area contributed by atoms with E-state index >= 15 is 0 Å². The van der Waals surface area contributed by atoms with E-state index < -0.39 is 11.4 Å². The number of nitrogens with zero attached hydrogens (tertiary/aromatic N) is 3. The molecule has 25 heavy (non-hydrogen) atoms. The number of rotatable bonds is 5. The summed E-state index contributed by atoms with van der Waals surface area (Å²) in [5.74, 6) is 0.810. The van der Waals surface area contributed by atoms with E-state index in [1.807, 2.05) is 50.2 Å². The van der Waals surface area contributed by atoms with Gasteiger partial charge >= 0.3 is 5.97 Å². The molecule has 6 heteroatoms. The van der Waals surface area contributed by atoms with E-state index in [9.17, 15) is 4.79 Å². The van der Waals surface area contributed by atoms with Crippen molar-refractivity contribution in [3.63, 3.8) is 0 Å². The van der Waals surface area contributed by atoms with Crippen LogP contribution in [0.4, 0.5) is 0 Å². The second-order valence-corrected chi connectivity index (χ2v) is 6.29. The predicted molar refractivity (Wildman–Crippen MR) is 93.0 cm³/mol. The van der Waals surface area contributed by atoms with E-state index in [2.05, 4.69) is 9.97 Å². The summed E-state index contributed by atoms with van der Waals surface area (Å²) in [5, 5.41) is 9.16. The number of hydrogen-bond acceptors (Lipinski definition) is 4. The number of aromatic nitrogens is 3. The maximum absolute atomic E-state index is 11.2. The molecule has 0 saturated heterocycles. The Bertz CT molecular complexity index is 901. The van der Waals surface area contributed by atoms with Crippen LogP contribution < -0.4 is 4.74 Å². The van der Waals surface area contributed by atoms with Crippen LogP contribution in [-0.4, -0.2) is 25.6 Å². The molecular weight excluding hydrogens is 318 g/mol. The number of carbonyl (C=O) groups is 1. The van der Waals surface area contributed by atoms with Gasteiger partial charge in [0.25, 0.3) is 0 Å². The molecule has 0 aliphatic heterocycles. The summed E-state index contributed by atoms with van der Waals surface area (Å²) in [6.07, 6.45) is 3.19. The summed E-state index contributed by atoms with van der Waals surface area (Å²) in [5.41, 5.74) is 0.504. The molecule has 0 aliphatic carbocycles. The molecule has 2 aromatic heterocycles. The van der Waals surface area contributed by atoms with Gasteiger partial charge in [-0.3, -0.25) is 0 Å². The summed E-state index contributed by atoms with van der Waals surface area (Å²) < 4.78 is 7.54. The summed E-state index contributed by atoms with van der Waals surface area (Å²) in [7, 11) is 1.80. The van der Waals surface area contributed by atoms with Gasteiger partial charge in [-0.2, -0.15) is 0 Å². The van der Waals surface area contributed by atoms with E-state index in [4.69, 9.17) is 9.84 Å². The minimum atomic E-state index is -1.04. The van der Waals surface area contributed by atoms with Crippen LogP contribution in [0.3, 0.4) is 0 Å². The minimum absolute atomic E-state index is 0.0338. The van der Waals surface area contributed by atoms with Crippen molar-refractivity contribution >= 4 is 5.97 Å². The molecule has 1 aromatic carbocycles. The first-order valence-electron chi connectivity index (χ1n) is 7.84. The third kappa shape index (κ3) is 3.38. The van der Waals surface area contributed by atoms with Crippen molar-refractivity contribution in [2.24, 2.45) is 7.05 Å². The van der Waals surface area contributed by atoms with E-state index in [1.54, 1.807) is 23.9 Å². The molecule has 0 bridgehead atoms. The maximum atomic E-state index is 11.2. The number of imidazole rings is 1. The zero-order valence-corrected chi connectivity index (χ0v) is 14.3. The summed E-state index contributed by atoms with van der Waals surface area (Å²) in [6, 6.07) is 13.1. The molecule has 0 spiro atoms. The van der Waals surface area contributed by atoms with Gasteiger partial charge < -0.3 is 14.4 Å². The van der Waals surface area contributed by atoms with Crippen LogP contribution >= 0.6 is 0 Å². The summed E-state index contributed by atoms with van der Waals surface area (Å²) >= 11 is 0. The number of benzene rings is 1. The van der Waals surface area contributed by atoms with E-state index in [0.29, 0.717) is 17.5 Å². The third-order valence-electron chi connectivity index (χ3n) is 4.07. The second kappa shape index (κ2) is 6.39. The Hall–Kier alpha value is -3.15. The topological polar surface area (TPSA) is 77.2 Å². The van der Waals surface area contributed by atoms with Gasteiger partial charge in [0.2, 0.25) is 5.88 Å². The van der Waals surface area contributed by atoms with Crippen molar-refractivity contribution < 1.29 is 14.6 Å². The largest absolute Gasteiger partial charge is 0.476 e. The van der Waals surface area contributed by atoms with E-state index in [-0.39, 0.29) is 5.69 Å². The highest BCUT2D eigenvalue weighted by atomic mass is 16.5. The Kier molecular flexibility index (Phi) is 4.27. The van der Waals surface area contributed by atoms with Crippen molar-refractivity contribution in [3.8, 4) is 11.6 Å². The van der Waals surface area contributed by atoms with Crippen molar-refractivity contribution in [1.82, 2.24) is 14.5 Å². The van der Waals surface area contributed by atoms with Crippen LogP contribution in [0.25, 0.3) is 0 Å². The fraction of sp³-hybridized carbons (Fsp3) is 0.211. The van der Waals surface area contributed by atoms with Gasteiger partial charge in [-0.05, 0) is 37.6 Å². The number of ether oxygens (including phenoxy) is 1.